The second kappa shape index (κ2) is 10.7. The number of hydrogen-bond donors (Lipinski definition) is 1. The Balaban J connectivity index is 2.05. The van der Waals surface area contributed by atoms with E-state index in [2.05, 4.69) is 5.32 Å². The van der Waals surface area contributed by atoms with Crippen LogP contribution >= 0.6 is 0 Å². The maximum atomic E-state index is 12.4. The fraction of sp³-hybridized carbons (Fsp3) is 0.381. The number of ether oxygens (including phenoxy) is 3. The molecule has 8 nitrogen and oxygen atoms in total. The van der Waals surface area contributed by atoms with Crippen molar-refractivity contribution in [2.45, 2.75) is 19.9 Å². The maximum Gasteiger partial charge on any atom is 0.241 e. The van der Waals surface area contributed by atoms with Gasteiger partial charge in [0.2, 0.25) is 15.9 Å². The van der Waals surface area contributed by atoms with E-state index in [4.69, 9.17) is 14.2 Å². The highest BCUT2D eigenvalue weighted by Gasteiger charge is 2.21. The first-order valence-corrected chi connectivity index (χ1v) is 11.3. The van der Waals surface area contributed by atoms with Crippen molar-refractivity contribution < 1.29 is 27.4 Å². The molecule has 0 aliphatic heterocycles. The van der Waals surface area contributed by atoms with Gasteiger partial charge in [-0.1, -0.05) is 13.0 Å². The molecule has 1 amide bonds. The van der Waals surface area contributed by atoms with Crippen molar-refractivity contribution >= 4 is 21.6 Å². The van der Waals surface area contributed by atoms with Crippen molar-refractivity contribution in [1.29, 1.82) is 0 Å². The standard InChI is InChI=1S/C21H28N2O6S/c1-5-12-29-18-9-7-17(8-10-18)23(30(4,25)26)15-21(24)22-14-16-6-11-19(27-2)20(13-16)28-3/h6-11,13H,5,12,14-15H2,1-4H3,(H,22,24). The Kier molecular flexibility index (Phi) is 8.35. The number of hydrogen-bond acceptors (Lipinski definition) is 6. The van der Waals surface area contributed by atoms with Crippen LogP contribution in [0.3, 0.4) is 0 Å². The highest BCUT2D eigenvalue weighted by molar-refractivity contribution is 7.92. The first-order valence-electron chi connectivity index (χ1n) is 9.46. The lowest BCUT2D eigenvalue weighted by atomic mass is 10.2. The van der Waals surface area contributed by atoms with E-state index in [1.54, 1.807) is 49.6 Å². The minimum atomic E-state index is -3.65. The molecule has 9 heteroatoms. The second-order valence-electron chi connectivity index (χ2n) is 6.58. The Morgan fingerprint density at radius 2 is 1.70 bits per heavy atom. The van der Waals surface area contributed by atoms with Gasteiger partial charge < -0.3 is 19.5 Å². The summed E-state index contributed by atoms with van der Waals surface area (Å²) in [6, 6.07) is 11.9. The topological polar surface area (TPSA) is 94.2 Å². The van der Waals surface area contributed by atoms with Gasteiger partial charge in [0.05, 0.1) is 32.8 Å². The molecule has 0 bridgehead atoms. The quantitative estimate of drug-likeness (QED) is 0.582. The largest absolute Gasteiger partial charge is 0.494 e. The molecular weight excluding hydrogens is 408 g/mol. The number of nitrogens with zero attached hydrogens (tertiary/aromatic N) is 1. The van der Waals surface area contributed by atoms with Crippen molar-refractivity contribution in [3.63, 3.8) is 0 Å². The zero-order valence-electron chi connectivity index (χ0n) is 17.7. The molecule has 0 aliphatic rings. The summed E-state index contributed by atoms with van der Waals surface area (Å²) < 4.78 is 41.5. The van der Waals surface area contributed by atoms with Crippen LogP contribution < -0.4 is 23.8 Å². The number of carbonyl (C=O) groups is 1. The SMILES string of the molecule is CCCOc1ccc(N(CC(=O)NCc2ccc(OC)c(OC)c2)S(C)(=O)=O)cc1. The van der Waals surface area contributed by atoms with Gasteiger partial charge in [-0.05, 0) is 48.4 Å². The normalized spacial score (nSPS) is 10.9. The van der Waals surface area contributed by atoms with Gasteiger partial charge in [-0.2, -0.15) is 0 Å². The minimum Gasteiger partial charge on any atom is -0.494 e. The molecule has 30 heavy (non-hydrogen) atoms. The van der Waals surface area contributed by atoms with Gasteiger partial charge in [0, 0.05) is 6.54 Å². The number of nitrogens with one attached hydrogen (secondary N) is 1. The van der Waals surface area contributed by atoms with Crippen LogP contribution in [0.2, 0.25) is 0 Å². The van der Waals surface area contributed by atoms with E-state index < -0.39 is 15.9 Å². The molecule has 0 heterocycles. The minimum absolute atomic E-state index is 0.223. The monoisotopic (exact) mass is 436 g/mol. The van der Waals surface area contributed by atoms with Crippen LogP contribution in [-0.4, -0.2) is 48.0 Å². The predicted octanol–water partition coefficient (Wildman–Crippen LogP) is 2.58. The van der Waals surface area contributed by atoms with Crippen molar-refractivity contribution in [3.05, 3.63) is 48.0 Å². The van der Waals surface area contributed by atoms with Crippen LogP contribution in [0.15, 0.2) is 42.5 Å². The highest BCUT2D eigenvalue weighted by atomic mass is 32.2. The fourth-order valence-electron chi connectivity index (χ4n) is 2.71. The molecule has 0 aromatic heterocycles. The summed E-state index contributed by atoms with van der Waals surface area (Å²) in [5, 5.41) is 2.73. The Morgan fingerprint density at radius 3 is 2.27 bits per heavy atom. The summed E-state index contributed by atoms with van der Waals surface area (Å²) in [5.74, 6) is 1.35. The molecule has 1 N–H and O–H groups in total. The summed E-state index contributed by atoms with van der Waals surface area (Å²) in [6.07, 6.45) is 1.94. The van der Waals surface area contributed by atoms with Gasteiger partial charge in [-0.15, -0.1) is 0 Å². The lowest BCUT2D eigenvalue weighted by Crippen LogP contribution is -2.40. The number of rotatable bonds is 11. The Labute approximate surface area is 177 Å². The van der Waals surface area contributed by atoms with Crippen molar-refractivity contribution in [3.8, 4) is 17.2 Å². The third-order valence-electron chi connectivity index (χ3n) is 4.22. The van der Waals surface area contributed by atoms with E-state index >= 15 is 0 Å². The molecule has 2 aromatic rings. The number of methoxy groups -OCH3 is 2. The van der Waals surface area contributed by atoms with Crippen LogP contribution in [0.4, 0.5) is 5.69 Å². The average Bonchev–Trinajstić information content (AvgIpc) is 2.74. The number of anilines is 1. The van der Waals surface area contributed by atoms with Crippen LogP contribution in [0, 0.1) is 0 Å². The third-order valence-corrected chi connectivity index (χ3v) is 5.36. The summed E-state index contributed by atoms with van der Waals surface area (Å²) >= 11 is 0. The Bertz CT molecular complexity index is 944. The van der Waals surface area contributed by atoms with Gasteiger partial charge in [0.1, 0.15) is 12.3 Å². The first kappa shape index (κ1) is 23.3. The van der Waals surface area contributed by atoms with Crippen molar-refractivity contribution in [2.75, 3.05) is 37.9 Å². The van der Waals surface area contributed by atoms with Crippen LogP contribution in [0.1, 0.15) is 18.9 Å². The lowest BCUT2D eigenvalue weighted by molar-refractivity contribution is -0.119. The molecule has 0 radical (unpaired) electrons. The smallest absolute Gasteiger partial charge is 0.241 e. The predicted molar refractivity (Wildman–Crippen MR) is 116 cm³/mol. The van der Waals surface area contributed by atoms with Crippen LogP contribution in [0.25, 0.3) is 0 Å². The lowest BCUT2D eigenvalue weighted by Gasteiger charge is -2.22. The van der Waals surface area contributed by atoms with Gasteiger partial charge in [-0.3, -0.25) is 9.10 Å². The summed E-state index contributed by atoms with van der Waals surface area (Å²) in [5.41, 5.74) is 1.19. The van der Waals surface area contributed by atoms with E-state index in [0.717, 1.165) is 22.5 Å². The average molecular weight is 437 g/mol. The number of sulfonamides is 1. The molecule has 0 unspecified atom stereocenters. The van der Waals surface area contributed by atoms with Gasteiger partial charge in [0.15, 0.2) is 11.5 Å². The molecule has 0 fully saturated rings. The van der Waals surface area contributed by atoms with Gasteiger partial charge >= 0.3 is 0 Å². The molecule has 0 spiro atoms. The number of benzene rings is 2. The molecule has 0 saturated carbocycles. The van der Waals surface area contributed by atoms with Crippen molar-refractivity contribution in [2.24, 2.45) is 0 Å². The van der Waals surface area contributed by atoms with Gasteiger partial charge in [0.25, 0.3) is 0 Å². The number of amides is 1. The molecule has 2 aromatic carbocycles. The molecule has 0 saturated heterocycles. The zero-order chi connectivity index (χ0) is 22.1. The molecule has 164 valence electrons. The molecule has 0 aliphatic carbocycles. The highest BCUT2D eigenvalue weighted by Crippen LogP contribution is 2.27. The first-order chi connectivity index (χ1) is 14.3. The number of carbonyl (C=O) groups excluding carboxylic acids is 1. The summed E-state index contributed by atoms with van der Waals surface area (Å²) in [6.45, 7) is 2.47. The fourth-order valence-corrected chi connectivity index (χ4v) is 3.56. The third kappa shape index (κ3) is 6.55. The molecular formula is C21H28N2O6S. The van der Waals surface area contributed by atoms with E-state index in [-0.39, 0.29) is 13.1 Å². The van der Waals surface area contributed by atoms with E-state index in [0.29, 0.717) is 29.5 Å². The zero-order valence-corrected chi connectivity index (χ0v) is 18.5. The molecule has 0 atom stereocenters. The Hall–Kier alpha value is -2.94. The van der Waals surface area contributed by atoms with E-state index in [9.17, 15) is 13.2 Å². The van der Waals surface area contributed by atoms with Crippen molar-refractivity contribution in [1.82, 2.24) is 5.32 Å². The summed E-state index contributed by atoms with van der Waals surface area (Å²) in [4.78, 5) is 12.4. The Morgan fingerprint density at radius 1 is 1.03 bits per heavy atom. The van der Waals surface area contributed by atoms with E-state index in [1.807, 2.05) is 6.92 Å². The van der Waals surface area contributed by atoms with Crippen LogP contribution in [0.5, 0.6) is 17.2 Å². The van der Waals surface area contributed by atoms with Gasteiger partial charge in [-0.25, -0.2) is 8.42 Å². The molecule has 2 rings (SSSR count). The summed E-state index contributed by atoms with van der Waals surface area (Å²) in [7, 11) is -0.577. The van der Waals surface area contributed by atoms with Crippen LogP contribution in [-0.2, 0) is 21.4 Å². The maximum absolute atomic E-state index is 12.4. The second-order valence-corrected chi connectivity index (χ2v) is 8.48. The van der Waals surface area contributed by atoms with E-state index in [1.165, 1.54) is 7.11 Å².